The molecule has 2 aromatic rings. The maximum absolute atomic E-state index is 12.2. The van der Waals surface area contributed by atoms with Gasteiger partial charge in [-0.2, -0.15) is 18.9 Å². The molecule has 3 N–H and O–H groups in total. The first kappa shape index (κ1) is 17.3. The van der Waals surface area contributed by atoms with Crippen LogP contribution in [0.5, 0.6) is 11.8 Å². The van der Waals surface area contributed by atoms with Gasteiger partial charge in [0.15, 0.2) is 11.6 Å². The van der Waals surface area contributed by atoms with Crippen LogP contribution in [0.15, 0.2) is 18.5 Å². The lowest BCUT2D eigenvalue weighted by Crippen LogP contribution is -2.29. The van der Waals surface area contributed by atoms with Gasteiger partial charge in [-0.25, -0.2) is 5.10 Å². The van der Waals surface area contributed by atoms with Gasteiger partial charge in [0.2, 0.25) is 11.8 Å². The topological polar surface area (TPSA) is 97.0 Å². The molecule has 0 amide bonds. The van der Waals surface area contributed by atoms with Crippen molar-refractivity contribution in [1.29, 1.82) is 0 Å². The van der Waals surface area contributed by atoms with Gasteiger partial charge in [-0.1, -0.05) is 6.92 Å². The van der Waals surface area contributed by atoms with E-state index in [9.17, 15) is 8.78 Å². The molecule has 10 heteroatoms. The maximum Gasteiger partial charge on any atom is 0.388 e. The molecule has 1 aliphatic heterocycles. The summed E-state index contributed by atoms with van der Waals surface area (Å²) >= 11 is 0. The van der Waals surface area contributed by atoms with Crippen molar-refractivity contribution in [2.75, 3.05) is 18.4 Å². The van der Waals surface area contributed by atoms with Crippen molar-refractivity contribution in [3.63, 3.8) is 0 Å². The average Bonchev–Trinajstić information content (AvgIpc) is 2.89. The molecule has 1 saturated heterocycles. The highest BCUT2D eigenvalue weighted by Crippen LogP contribution is 2.22. The monoisotopic (exact) mass is 354 g/mol. The molecule has 0 aliphatic carbocycles. The van der Waals surface area contributed by atoms with Gasteiger partial charge in [-0.15, -0.1) is 0 Å². The number of nitrogens with one attached hydrogen (secondary N) is 3. The highest BCUT2D eigenvalue weighted by atomic mass is 19.3. The number of ether oxygens (including phenoxy) is 2. The Bertz CT molecular complexity index is 684. The van der Waals surface area contributed by atoms with E-state index < -0.39 is 6.61 Å². The number of H-pyrrole nitrogens is 1. The summed E-state index contributed by atoms with van der Waals surface area (Å²) in [6.07, 6.45) is 5.09. The lowest BCUT2D eigenvalue weighted by Gasteiger charge is -2.22. The van der Waals surface area contributed by atoms with Gasteiger partial charge in [-0.05, 0) is 19.4 Å². The summed E-state index contributed by atoms with van der Waals surface area (Å²) in [5.74, 6) is 1.31. The van der Waals surface area contributed by atoms with Gasteiger partial charge in [0.05, 0.1) is 12.4 Å². The third-order valence-corrected chi connectivity index (χ3v) is 3.85. The lowest BCUT2D eigenvalue weighted by molar-refractivity contribution is -0.0528. The van der Waals surface area contributed by atoms with Crippen LogP contribution in [0, 0.1) is 5.92 Å². The summed E-state index contributed by atoms with van der Waals surface area (Å²) in [4.78, 5) is 8.43. The number of nitrogens with zero attached hydrogens (tertiary/aromatic N) is 3. The van der Waals surface area contributed by atoms with Gasteiger partial charge in [-0.3, -0.25) is 4.98 Å². The standard InChI is InChI=1S/C15H20F2N6O2/c1-9-6-18-4-2-3-10(9)24-14-8-19-7-12(21-14)20-11-5-13(23-22-11)25-15(16)17/h5,7-10,15,18H,2-4,6H2,1H3,(H2,20,21,22,23). The van der Waals surface area contributed by atoms with E-state index in [4.69, 9.17) is 4.74 Å². The Labute approximate surface area is 143 Å². The molecule has 2 unspecified atom stereocenters. The van der Waals surface area contributed by atoms with E-state index >= 15 is 0 Å². The SMILES string of the molecule is CC1CNCCCC1Oc1cncc(Nc2cc(OC(F)F)[nH]n2)n1. The lowest BCUT2D eigenvalue weighted by atomic mass is 10.0. The van der Waals surface area contributed by atoms with Crippen molar-refractivity contribution in [3.8, 4) is 11.8 Å². The van der Waals surface area contributed by atoms with Gasteiger partial charge >= 0.3 is 6.61 Å². The number of aromatic nitrogens is 4. The van der Waals surface area contributed by atoms with E-state index in [1.54, 1.807) is 6.20 Å². The number of hydrogen-bond acceptors (Lipinski definition) is 7. The van der Waals surface area contributed by atoms with Crippen LogP contribution in [-0.4, -0.2) is 46.0 Å². The highest BCUT2D eigenvalue weighted by Gasteiger charge is 2.22. The van der Waals surface area contributed by atoms with Crippen molar-refractivity contribution >= 4 is 11.6 Å². The molecule has 25 heavy (non-hydrogen) atoms. The van der Waals surface area contributed by atoms with Crippen LogP contribution >= 0.6 is 0 Å². The van der Waals surface area contributed by atoms with E-state index in [2.05, 4.69) is 42.5 Å². The van der Waals surface area contributed by atoms with Crippen molar-refractivity contribution in [1.82, 2.24) is 25.5 Å². The van der Waals surface area contributed by atoms with E-state index in [1.165, 1.54) is 12.3 Å². The summed E-state index contributed by atoms with van der Waals surface area (Å²) in [6, 6.07) is 1.31. The molecule has 3 rings (SSSR count). The molecule has 8 nitrogen and oxygen atoms in total. The summed E-state index contributed by atoms with van der Waals surface area (Å²) in [5.41, 5.74) is 0. The van der Waals surface area contributed by atoms with Crippen molar-refractivity contribution in [2.24, 2.45) is 5.92 Å². The molecule has 136 valence electrons. The van der Waals surface area contributed by atoms with E-state index in [-0.39, 0.29) is 17.8 Å². The van der Waals surface area contributed by atoms with Crippen molar-refractivity contribution < 1.29 is 18.3 Å². The Morgan fingerprint density at radius 3 is 3.04 bits per heavy atom. The first-order valence-corrected chi connectivity index (χ1v) is 8.07. The third kappa shape index (κ3) is 4.99. The molecule has 2 atom stereocenters. The predicted octanol–water partition coefficient (Wildman–Crippen LogP) is 2.31. The van der Waals surface area contributed by atoms with Gasteiger partial charge in [0, 0.05) is 18.5 Å². The second kappa shape index (κ2) is 8.06. The van der Waals surface area contributed by atoms with Crippen LogP contribution in [0.2, 0.25) is 0 Å². The molecule has 1 aliphatic rings. The minimum Gasteiger partial charge on any atom is -0.473 e. The summed E-state index contributed by atoms with van der Waals surface area (Å²) < 4.78 is 34.5. The van der Waals surface area contributed by atoms with Crippen LogP contribution in [0.1, 0.15) is 19.8 Å². The van der Waals surface area contributed by atoms with Crippen LogP contribution in [0.4, 0.5) is 20.4 Å². The molecular formula is C15H20F2N6O2. The number of alkyl halides is 2. The van der Waals surface area contributed by atoms with Crippen molar-refractivity contribution in [2.45, 2.75) is 32.5 Å². The quantitative estimate of drug-likeness (QED) is 0.732. The number of anilines is 2. The first-order chi connectivity index (χ1) is 12.1. The minimum absolute atomic E-state index is 0.0657. The minimum atomic E-state index is -2.92. The molecule has 0 spiro atoms. The molecule has 0 radical (unpaired) electrons. The largest absolute Gasteiger partial charge is 0.473 e. The number of aromatic amines is 1. The normalized spacial score (nSPS) is 21.0. The maximum atomic E-state index is 12.2. The van der Waals surface area contributed by atoms with Crippen LogP contribution in [-0.2, 0) is 0 Å². The number of halogens is 2. The zero-order valence-electron chi connectivity index (χ0n) is 13.7. The Morgan fingerprint density at radius 1 is 1.32 bits per heavy atom. The second-order valence-electron chi connectivity index (χ2n) is 5.84. The smallest absolute Gasteiger partial charge is 0.388 e. The van der Waals surface area contributed by atoms with Crippen LogP contribution in [0.25, 0.3) is 0 Å². The van der Waals surface area contributed by atoms with Gasteiger partial charge < -0.3 is 20.1 Å². The first-order valence-electron chi connectivity index (χ1n) is 8.07. The average molecular weight is 354 g/mol. The van der Waals surface area contributed by atoms with Crippen molar-refractivity contribution in [3.05, 3.63) is 18.5 Å². The van der Waals surface area contributed by atoms with Crippen LogP contribution < -0.4 is 20.1 Å². The molecule has 1 fully saturated rings. The summed E-state index contributed by atoms with van der Waals surface area (Å²) in [5, 5.41) is 12.4. The molecule has 0 bridgehead atoms. The Kier molecular flexibility index (Phi) is 5.59. The summed E-state index contributed by atoms with van der Waals surface area (Å²) in [7, 11) is 0. The molecule has 0 aromatic carbocycles. The Morgan fingerprint density at radius 2 is 2.20 bits per heavy atom. The fourth-order valence-corrected chi connectivity index (χ4v) is 2.62. The summed E-state index contributed by atoms with van der Waals surface area (Å²) in [6.45, 7) is 1.10. The number of rotatable bonds is 6. The highest BCUT2D eigenvalue weighted by molar-refractivity contribution is 5.51. The van der Waals surface area contributed by atoms with E-state index in [1.807, 2.05) is 0 Å². The predicted molar refractivity (Wildman–Crippen MR) is 86.2 cm³/mol. The second-order valence-corrected chi connectivity index (χ2v) is 5.84. The molecule has 2 aromatic heterocycles. The Hall–Kier alpha value is -2.49. The Balaban J connectivity index is 1.63. The van der Waals surface area contributed by atoms with E-state index in [0.29, 0.717) is 17.6 Å². The molecular weight excluding hydrogens is 334 g/mol. The van der Waals surface area contributed by atoms with E-state index in [0.717, 1.165) is 25.9 Å². The third-order valence-electron chi connectivity index (χ3n) is 3.85. The zero-order valence-corrected chi connectivity index (χ0v) is 13.7. The number of hydrogen-bond donors (Lipinski definition) is 3. The van der Waals surface area contributed by atoms with Gasteiger partial charge in [0.1, 0.15) is 6.10 Å². The fourth-order valence-electron chi connectivity index (χ4n) is 2.62. The molecule has 0 saturated carbocycles. The fraction of sp³-hybridized carbons (Fsp3) is 0.533. The van der Waals surface area contributed by atoms with Gasteiger partial charge in [0.25, 0.3) is 0 Å². The van der Waals surface area contributed by atoms with Crippen LogP contribution in [0.3, 0.4) is 0 Å². The zero-order chi connectivity index (χ0) is 17.6. The molecule has 3 heterocycles.